The Kier molecular flexibility index (Phi) is 6.78. The lowest BCUT2D eigenvalue weighted by Gasteiger charge is -2.18. The smallest absolute Gasteiger partial charge is 0.251 e. The first kappa shape index (κ1) is 16.2. The lowest BCUT2D eigenvalue weighted by molar-refractivity contribution is 0.0934. The molecule has 0 bridgehead atoms. The van der Waals surface area contributed by atoms with Crippen molar-refractivity contribution in [2.75, 3.05) is 27.2 Å². The average Bonchev–Trinajstić information content (AvgIpc) is 2.38. The molecule has 0 saturated carbocycles. The molecule has 0 radical (unpaired) electrons. The van der Waals surface area contributed by atoms with E-state index in [1.54, 1.807) is 12.1 Å². The van der Waals surface area contributed by atoms with E-state index in [1.165, 1.54) is 0 Å². The van der Waals surface area contributed by atoms with Crippen LogP contribution in [0.5, 0.6) is 0 Å². The molecule has 1 amide bonds. The lowest BCUT2D eigenvalue weighted by atomic mass is 10.1. The Morgan fingerprint density at radius 1 is 1.35 bits per heavy atom. The van der Waals surface area contributed by atoms with Gasteiger partial charge in [0.15, 0.2) is 0 Å². The number of hydrogen-bond acceptors (Lipinski definition) is 3. The predicted molar refractivity (Wildman–Crippen MR) is 80.5 cm³/mol. The van der Waals surface area contributed by atoms with E-state index in [-0.39, 0.29) is 18.6 Å². The molecule has 0 fully saturated rings. The van der Waals surface area contributed by atoms with Crippen molar-refractivity contribution in [3.63, 3.8) is 0 Å². The van der Waals surface area contributed by atoms with Gasteiger partial charge in [0.25, 0.3) is 5.91 Å². The van der Waals surface area contributed by atoms with Crippen molar-refractivity contribution < 1.29 is 9.90 Å². The van der Waals surface area contributed by atoms with E-state index in [4.69, 9.17) is 5.11 Å². The highest BCUT2D eigenvalue weighted by atomic mass is 16.2. The molecule has 4 nitrogen and oxygen atoms in total. The Labute approximate surface area is 120 Å². The van der Waals surface area contributed by atoms with Gasteiger partial charge in [0, 0.05) is 30.1 Å². The molecular formula is C16H22N2O2. The van der Waals surface area contributed by atoms with Crippen LogP contribution in [0.15, 0.2) is 24.3 Å². The summed E-state index contributed by atoms with van der Waals surface area (Å²) in [4.78, 5) is 14.0. The van der Waals surface area contributed by atoms with Gasteiger partial charge in [0.05, 0.1) is 6.61 Å². The maximum atomic E-state index is 12.0. The molecule has 108 valence electrons. The summed E-state index contributed by atoms with van der Waals surface area (Å²) in [6.07, 6.45) is 0.463. The molecular weight excluding hydrogens is 252 g/mol. The SMILES string of the molecule is CC(CN(C)C)NC(=O)c1ccc(C#CCCO)cc1. The minimum atomic E-state index is -0.0748. The number of aliphatic hydroxyl groups is 1. The fourth-order valence-corrected chi connectivity index (χ4v) is 1.83. The van der Waals surface area contributed by atoms with Gasteiger partial charge in [0.1, 0.15) is 0 Å². The summed E-state index contributed by atoms with van der Waals surface area (Å²) in [6.45, 7) is 2.85. The summed E-state index contributed by atoms with van der Waals surface area (Å²) >= 11 is 0. The van der Waals surface area contributed by atoms with Crippen molar-refractivity contribution in [3.05, 3.63) is 35.4 Å². The van der Waals surface area contributed by atoms with Crippen LogP contribution in [0.3, 0.4) is 0 Å². The molecule has 0 aliphatic rings. The van der Waals surface area contributed by atoms with Crippen molar-refractivity contribution in [3.8, 4) is 11.8 Å². The van der Waals surface area contributed by atoms with Crippen molar-refractivity contribution in [1.29, 1.82) is 0 Å². The molecule has 4 heteroatoms. The molecule has 1 atom stereocenters. The topological polar surface area (TPSA) is 52.6 Å². The molecule has 20 heavy (non-hydrogen) atoms. The van der Waals surface area contributed by atoms with E-state index < -0.39 is 0 Å². The zero-order valence-corrected chi connectivity index (χ0v) is 12.3. The fraction of sp³-hybridized carbons (Fsp3) is 0.438. The number of nitrogens with zero attached hydrogens (tertiary/aromatic N) is 1. The molecule has 2 N–H and O–H groups in total. The van der Waals surface area contributed by atoms with E-state index >= 15 is 0 Å². The number of carbonyl (C=O) groups excluding carboxylic acids is 1. The fourth-order valence-electron chi connectivity index (χ4n) is 1.83. The van der Waals surface area contributed by atoms with Crippen LogP contribution < -0.4 is 5.32 Å². The molecule has 0 aromatic heterocycles. The molecule has 0 heterocycles. The van der Waals surface area contributed by atoms with Crippen LogP contribution in [0.25, 0.3) is 0 Å². The van der Waals surface area contributed by atoms with Crippen LogP contribution in [-0.4, -0.2) is 49.2 Å². The Balaban J connectivity index is 2.60. The average molecular weight is 274 g/mol. The maximum absolute atomic E-state index is 12.0. The Bertz CT molecular complexity index is 483. The first-order valence-electron chi connectivity index (χ1n) is 6.68. The second-order valence-electron chi connectivity index (χ2n) is 4.99. The summed E-state index contributed by atoms with van der Waals surface area (Å²) in [5.74, 6) is 5.70. The summed E-state index contributed by atoms with van der Waals surface area (Å²) in [5, 5.41) is 11.6. The van der Waals surface area contributed by atoms with Crippen LogP contribution in [0.2, 0.25) is 0 Å². The zero-order valence-electron chi connectivity index (χ0n) is 12.3. The van der Waals surface area contributed by atoms with Crippen molar-refractivity contribution in [2.24, 2.45) is 0 Å². The number of carbonyl (C=O) groups is 1. The summed E-state index contributed by atoms with van der Waals surface area (Å²) in [5.41, 5.74) is 1.47. The minimum Gasteiger partial charge on any atom is -0.395 e. The highest BCUT2D eigenvalue weighted by molar-refractivity contribution is 5.94. The van der Waals surface area contributed by atoms with Crippen LogP contribution in [-0.2, 0) is 0 Å². The van der Waals surface area contributed by atoms with Crippen molar-refractivity contribution in [1.82, 2.24) is 10.2 Å². The van der Waals surface area contributed by atoms with Crippen molar-refractivity contribution in [2.45, 2.75) is 19.4 Å². The number of rotatable bonds is 5. The van der Waals surface area contributed by atoms with Crippen LogP contribution in [0, 0.1) is 11.8 Å². The van der Waals surface area contributed by atoms with Gasteiger partial charge >= 0.3 is 0 Å². The molecule has 0 aliphatic carbocycles. The summed E-state index contributed by atoms with van der Waals surface area (Å²) in [6, 6.07) is 7.26. The highest BCUT2D eigenvalue weighted by Crippen LogP contribution is 2.04. The van der Waals surface area contributed by atoms with Crippen LogP contribution in [0.1, 0.15) is 29.3 Å². The molecule has 1 unspecified atom stereocenters. The normalized spacial score (nSPS) is 11.7. The third kappa shape index (κ3) is 5.87. The number of hydrogen-bond donors (Lipinski definition) is 2. The molecule has 0 saturated heterocycles. The molecule has 1 aromatic rings. The number of likely N-dealkylation sites (N-methyl/N-ethyl adjacent to an activating group) is 1. The second kappa shape index (κ2) is 8.36. The molecule has 0 spiro atoms. The molecule has 1 aromatic carbocycles. The van der Waals surface area contributed by atoms with Gasteiger partial charge in [0.2, 0.25) is 0 Å². The van der Waals surface area contributed by atoms with Gasteiger partial charge in [-0.25, -0.2) is 0 Å². The Hall–Kier alpha value is -1.83. The zero-order chi connectivity index (χ0) is 15.0. The molecule has 0 aliphatic heterocycles. The predicted octanol–water partition coefficient (Wildman–Crippen LogP) is 1.10. The lowest BCUT2D eigenvalue weighted by Crippen LogP contribution is -2.39. The first-order chi connectivity index (χ1) is 9.52. The highest BCUT2D eigenvalue weighted by Gasteiger charge is 2.09. The molecule has 1 rings (SSSR count). The van der Waals surface area contributed by atoms with E-state index in [0.29, 0.717) is 12.0 Å². The Morgan fingerprint density at radius 3 is 2.55 bits per heavy atom. The third-order valence-corrected chi connectivity index (χ3v) is 2.63. The van der Waals surface area contributed by atoms with Gasteiger partial charge in [-0.05, 0) is 45.3 Å². The van der Waals surface area contributed by atoms with E-state index in [9.17, 15) is 4.79 Å². The van der Waals surface area contributed by atoms with Gasteiger partial charge in [-0.15, -0.1) is 0 Å². The van der Waals surface area contributed by atoms with Gasteiger partial charge in [-0.3, -0.25) is 4.79 Å². The number of aliphatic hydroxyl groups excluding tert-OH is 1. The summed E-state index contributed by atoms with van der Waals surface area (Å²) in [7, 11) is 3.95. The first-order valence-corrected chi connectivity index (χ1v) is 6.68. The monoisotopic (exact) mass is 274 g/mol. The minimum absolute atomic E-state index is 0.0667. The van der Waals surface area contributed by atoms with E-state index in [0.717, 1.165) is 12.1 Å². The third-order valence-electron chi connectivity index (χ3n) is 2.63. The quantitative estimate of drug-likeness (QED) is 0.791. The van der Waals surface area contributed by atoms with Crippen LogP contribution >= 0.6 is 0 Å². The second-order valence-corrected chi connectivity index (χ2v) is 4.99. The number of benzene rings is 1. The van der Waals surface area contributed by atoms with Gasteiger partial charge < -0.3 is 15.3 Å². The van der Waals surface area contributed by atoms with E-state index in [2.05, 4.69) is 17.2 Å². The largest absolute Gasteiger partial charge is 0.395 e. The number of amides is 1. The summed E-state index contributed by atoms with van der Waals surface area (Å²) < 4.78 is 0. The Morgan fingerprint density at radius 2 is 2.00 bits per heavy atom. The standard InChI is InChI=1S/C16H22N2O2/c1-13(12-18(2)3)17-16(20)15-9-7-14(8-10-15)6-4-5-11-19/h7-10,13,19H,5,11-12H2,1-3H3,(H,17,20). The number of nitrogens with one attached hydrogen (secondary N) is 1. The van der Waals surface area contributed by atoms with Gasteiger partial charge in [-0.2, -0.15) is 0 Å². The maximum Gasteiger partial charge on any atom is 0.251 e. The van der Waals surface area contributed by atoms with Crippen LogP contribution in [0.4, 0.5) is 0 Å². The van der Waals surface area contributed by atoms with E-state index in [1.807, 2.05) is 38.1 Å². The van der Waals surface area contributed by atoms with Gasteiger partial charge in [-0.1, -0.05) is 11.8 Å². The van der Waals surface area contributed by atoms with Crippen molar-refractivity contribution >= 4 is 5.91 Å².